The van der Waals surface area contributed by atoms with E-state index >= 15 is 0 Å². The molecule has 0 unspecified atom stereocenters. The van der Waals surface area contributed by atoms with Crippen molar-refractivity contribution >= 4 is 6.03 Å². The molecule has 0 bridgehead atoms. The minimum absolute atomic E-state index is 0.198. The molecule has 0 aliphatic rings. The first-order valence-electron chi connectivity index (χ1n) is 7.87. The van der Waals surface area contributed by atoms with Crippen LogP contribution in [0.1, 0.15) is 22.9 Å². The highest BCUT2D eigenvalue weighted by Gasteiger charge is 2.16. The fraction of sp³-hybridized carbons (Fsp3) is 0.100. The Labute approximate surface area is 141 Å². The number of rotatable bonds is 5. The molecule has 2 N–H and O–H groups in total. The van der Waals surface area contributed by atoms with Gasteiger partial charge in [-0.15, -0.1) is 0 Å². The van der Waals surface area contributed by atoms with Gasteiger partial charge in [-0.1, -0.05) is 66.7 Å². The first kappa shape index (κ1) is 15.7. The fourth-order valence-corrected chi connectivity index (χ4v) is 2.51. The number of benzene rings is 2. The van der Waals surface area contributed by atoms with E-state index in [0.29, 0.717) is 6.54 Å². The van der Waals surface area contributed by atoms with Gasteiger partial charge < -0.3 is 10.6 Å². The molecule has 3 aromatic rings. The Morgan fingerprint density at radius 3 is 1.96 bits per heavy atom. The van der Waals surface area contributed by atoms with Crippen molar-refractivity contribution < 1.29 is 4.79 Å². The monoisotopic (exact) mass is 317 g/mol. The Bertz CT molecular complexity index is 721. The zero-order chi connectivity index (χ0) is 16.6. The first-order valence-corrected chi connectivity index (χ1v) is 7.87. The van der Waals surface area contributed by atoms with Crippen molar-refractivity contribution in [3.63, 3.8) is 0 Å². The van der Waals surface area contributed by atoms with Crippen LogP contribution in [0.4, 0.5) is 4.79 Å². The van der Waals surface area contributed by atoms with Crippen LogP contribution in [0.5, 0.6) is 0 Å². The third kappa shape index (κ3) is 4.20. The number of carbonyl (C=O) groups is 1. The van der Waals surface area contributed by atoms with Crippen molar-refractivity contribution in [1.29, 1.82) is 0 Å². The zero-order valence-corrected chi connectivity index (χ0v) is 13.2. The van der Waals surface area contributed by atoms with Crippen LogP contribution < -0.4 is 10.6 Å². The molecule has 1 aromatic heterocycles. The van der Waals surface area contributed by atoms with Gasteiger partial charge in [-0.25, -0.2) is 4.79 Å². The smallest absolute Gasteiger partial charge is 0.315 e. The molecule has 4 heteroatoms. The fourth-order valence-electron chi connectivity index (χ4n) is 2.51. The standard InChI is InChI=1S/C20H19N3O/c24-20(22-15-18-13-7-8-14-21-18)23-19(16-9-3-1-4-10-16)17-11-5-2-6-12-17/h1-14,19H,15H2,(H2,22,23,24). The third-order valence-electron chi connectivity index (χ3n) is 3.70. The molecular formula is C20H19N3O. The van der Waals surface area contributed by atoms with Crippen LogP contribution in [0.3, 0.4) is 0 Å². The van der Waals surface area contributed by atoms with Crippen LogP contribution in [-0.2, 0) is 6.54 Å². The summed E-state index contributed by atoms with van der Waals surface area (Å²) in [6.07, 6.45) is 1.71. The van der Waals surface area contributed by atoms with Gasteiger partial charge in [-0.3, -0.25) is 4.98 Å². The van der Waals surface area contributed by atoms with Gasteiger partial charge in [0, 0.05) is 6.20 Å². The van der Waals surface area contributed by atoms with Gasteiger partial charge in [0.25, 0.3) is 0 Å². The lowest BCUT2D eigenvalue weighted by Crippen LogP contribution is -2.38. The minimum atomic E-state index is -0.224. The number of urea groups is 1. The molecule has 24 heavy (non-hydrogen) atoms. The quantitative estimate of drug-likeness (QED) is 0.754. The lowest BCUT2D eigenvalue weighted by atomic mass is 9.99. The molecule has 0 fully saturated rings. The highest BCUT2D eigenvalue weighted by Crippen LogP contribution is 2.21. The van der Waals surface area contributed by atoms with E-state index in [1.54, 1.807) is 6.20 Å². The van der Waals surface area contributed by atoms with Crippen molar-refractivity contribution in [2.24, 2.45) is 0 Å². The normalized spacial score (nSPS) is 10.4. The molecular weight excluding hydrogens is 298 g/mol. The van der Waals surface area contributed by atoms with Crippen molar-refractivity contribution in [3.05, 3.63) is 102 Å². The summed E-state index contributed by atoms with van der Waals surface area (Å²) in [5.74, 6) is 0. The van der Waals surface area contributed by atoms with E-state index in [9.17, 15) is 4.79 Å². The van der Waals surface area contributed by atoms with Crippen LogP contribution in [-0.4, -0.2) is 11.0 Å². The maximum Gasteiger partial charge on any atom is 0.315 e. The maximum absolute atomic E-state index is 12.3. The second-order valence-electron chi connectivity index (χ2n) is 5.40. The number of pyridine rings is 1. The average molecular weight is 317 g/mol. The van der Waals surface area contributed by atoms with Crippen LogP contribution in [0.15, 0.2) is 85.1 Å². The molecule has 0 radical (unpaired) electrons. The zero-order valence-electron chi connectivity index (χ0n) is 13.2. The molecule has 0 atom stereocenters. The molecule has 2 amide bonds. The van der Waals surface area contributed by atoms with Gasteiger partial charge in [0.05, 0.1) is 18.3 Å². The Morgan fingerprint density at radius 2 is 1.42 bits per heavy atom. The molecule has 2 aromatic carbocycles. The average Bonchev–Trinajstić information content (AvgIpc) is 2.67. The molecule has 4 nitrogen and oxygen atoms in total. The van der Waals surface area contributed by atoms with Crippen molar-refractivity contribution in [2.75, 3.05) is 0 Å². The summed E-state index contributed by atoms with van der Waals surface area (Å²) in [7, 11) is 0. The summed E-state index contributed by atoms with van der Waals surface area (Å²) in [5.41, 5.74) is 2.90. The van der Waals surface area contributed by atoms with Crippen LogP contribution in [0, 0.1) is 0 Å². The van der Waals surface area contributed by atoms with Crippen LogP contribution >= 0.6 is 0 Å². The highest BCUT2D eigenvalue weighted by molar-refractivity contribution is 5.75. The van der Waals surface area contributed by atoms with E-state index in [2.05, 4.69) is 15.6 Å². The molecule has 0 spiro atoms. The summed E-state index contributed by atoms with van der Waals surface area (Å²) in [6, 6.07) is 25.1. The number of carbonyl (C=O) groups excluding carboxylic acids is 1. The third-order valence-corrected chi connectivity index (χ3v) is 3.70. The summed E-state index contributed by atoms with van der Waals surface area (Å²) < 4.78 is 0. The molecule has 0 aliphatic heterocycles. The topological polar surface area (TPSA) is 54.0 Å². The van der Waals surface area contributed by atoms with Gasteiger partial charge in [-0.2, -0.15) is 0 Å². The number of hydrogen-bond acceptors (Lipinski definition) is 2. The predicted octanol–water partition coefficient (Wildman–Crippen LogP) is 3.67. The van der Waals surface area contributed by atoms with E-state index < -0.39 is 0 Å². The largest absolute Gasteiger partial charge is 0.332 e. The Hall–Kier alpha value is -3.14. The molecule has 0 saturated carbocycles. The Kier molecular flexibility index (Phi) is 5.20. The highest BCUT2D eigenvalue weighted by atomic mass is 16.2. The van der Waals surface area contributed by atoms with Gasteiger partial charge in [0.15, 0.2) is 0 Å². The van der Waals surface area contributed by atoms with Crippen molar-refractivity contribution in [3.8, 4) is 0 Å². The van der Waals surface area contributed by atoms with E-state index in [1.807, 2.05) is 78.9 Å². The van der Waals surface area contributed by atoms with Gasteiger partial charge in [-0.05, 0) is 23.3 Å². The second-order valence-corrected chi connectivity index (χ2v) is 5.40. The summed E-state index contributed by atoms with van der Waals surface area (Å²) in [5, 5.41) is 5.90. The Morgan fingerprint density at radius 1 is 0.833 bits per heavy atom. The SMILES string of the molecule is O=C(NCc1ccccn1)NC(c1ccccc1)c1ccccc1. The molecule has 0 aliphatic carbocycles. The minimum Gasteiger partial charge on any atom is -0.332 e. The molecule has 3 rings (SSSR count). The van der Waals surface area contributed by atoms with E-state index in [-0.39, 0.29) is 12.1 Å². The number of nitrogens with one attached hydrogen (secondary N) is 2. The number of aromatic nitrogens is 1. The molecule has 120 valence electrons. The van der Waals surface area contributed by atoms with Gasteiger partial charge in [0.1, 0.15) is 0 Å². The van der Waals surface area contributed by atoms with Crippen LogP contribution in [0.25, 0.3) is 0 Å². The summed E-state index contributed by atoms with van der Waals surface area (Å²) >= 11 is 0. The molecule has 1 heterocycles. The van der Waals surface area contributed by atoms with Gasteiger partial charge >= 0.3 is 6.03 Å². The van der Waals surface area contributed by atoms with Crippen molar-refractivity contribution in [2.45, 2.75) is 12.6 Å². The van der Waals surface area contributed by atoms with E-state index in [0.717, 1.165) is 16.8 Å². The lowest BCUT2D eigenvalue weighted by molar-refractivity contribution is 0.238. The summed E-state index contributed by atoms with van der Waals surface area (Å²) in [4.78, 5) is 16.5. The van der Waals surface area contributed by atoms with Crippen LogP contribution in [0.2, 0.25) is 0 Å². The summed E-state index contributed by atoms with van der Waals surface area (Å²) in [6.45, 7) is 0.392. The first-order chi connectivity index (χ1) is 11.8. The maximum atomic E-state index is 12.3. The van der Waals surface area contributed by atoms with E-state index in [1.165, 1.54) is 0 Å². The molecule has 0 saturated heterocycles. The number of nitrogens with zero attached hydrogens (tertiary/aromatic N) is 1. The Balaban J connectivity index is 1.71. The van der Waals surface area contributed by atoms with Crippen molar-refractivity contribution in [1.82, 2.24) is 15.6 Å². The number of hydrogen-bond donors (Lipinski definition) is 2. The second kappa shape index (κ2) is 7.92. The lowest BCUT2D eigenvalue weighted by Gasteiger charge is -2.20. The predicted molar refractivity (Wildman–Crippen MR) is 94.3 cm³/mol. The van der Waals surface area contributed by atoms with E-state index in [4.69, 9.17) is 0 Å². The van der Waals surface area contributed by atoms with Gasteiger partial charge in [0.2, 0.25) is 0 Å². The number of amides is 2.